The van der Waals surface area contributed by atoms with Crippen LogP contribution < -0.4 is 15.4 Å². The van der Waals surface area contributed by atoms with Crippen LogP contribution in [0.2, 0.25) is 0 Å². The number of sulfonamides is 1. The van der Waals surface area contributed by atoms with Crippen molar-refractivity contribution in [2.75, 3.05) is 25.5 Å². The Kier molecular flexibility index (Phi) is 7.47. The number of anilines is 1. The number of nitrogens with zero attached hydrogens (tertiary/aromatic N) is 1. The maximum Gasteiger partial charge on any atom is 0.246 e. The number of nitrogens with one attached hydrogen (secondary N) is 2. The first-order valence-electron chi connectivity index (χ1n) is 10.2. The van der Waals surface area contributed by atoms with Gasteiger partial charge in [-0.1, -0.05) is 0 Å². The molecule has 0 aromatic heterocycles. The number of halogens is 1. The van der Waals surface area contributed by atoms with Gasteiger partial charge < -0.3 is 15.4 Å². The molecular weight excluding hydrogens is 437 g/mol. The van der Waals surface area contributed by atoms with E-state index in [0.717, 1.165) is 12.1 Å². The van der Waals surface area contributed by atoms with Crippen LogP contribution in [-0.4, -0.2) is 50.8 Å². The zero-order valence-corrected chi connectivity index (χ0v) is 18.7. The molecule has 0 bridgehead atoms. The van der Waals surface area contributed by atoms with Gasteiger partial charge in [0.2, 0.25) is 21.8 Å². The van der Waals surface area contributed by atoms with Crippen LogP contribution in [0.4, 0.5) is 10.1 Å². The highest BCUT2D eigenvalue weighted by Gasteiger charge is 2.33. The van der Waals surface area contributed by atoms with Crippen LogP contribution in [0.25, 0.3) is 0 Å². The van der Waals surface area contributed by atoms with E-state index in [1.807, 2.05) is 0 Å². The molecule has 0 radical (unpaired) electrons. The molecule has 1 fully saturated rings. The Hall–Kier alpha value is -2.98. The molecule has 2 amide bonds. The Bertz CT molecular complexity index is 1050. The van der Waals surface area contributed by atoms with Crippen molar-refractivity contribution in [2.24, 2.45) is 5.92 Å². The molecule has 0 unspecified atom stereocenters. The van der Waals surface area contributed by atoms with E-state index in [-0.39, 0.29) is 29.8 Å². The lowest BCUT2D eigenvalue weighted by Crippen LogP contribution is -2.47. The summed E-state index contributed by atoms with van der Waals surface area (Å²) in [7, 11) is -2.19. The van der Waals surface area contributed by atoms with Crippen molar-refractivity contribution in [1.82, 2.24) is 9.62 Å². The molecule has 2 N–H and O–H groups in total. The van der Waals surface area contributed by atoms with E-state index in [9.17, 15) is 22.4 Å². The number of carbonyl (C=O) groups is 2. The third-order valence-electron chi connectivity index (χ3n) is 5.39. The fraction of sp³-hybridized carbons (Fsp3) is 0.364. The summed E-state index contributed by atoms with van der Waals surface area (Å²) < 4.78 is 44.9. The Morgan fingerprint density at radius 1 is 1.06 bits per heavy atom. The molecule has 1 heterocycles. The van der Waals surface area contributed by atoms with Gasteiger partial charge in [-0.3, -0.25) is 9.59 Å². The molecule has 2 aromatic carbocycles. The van der Waals surface area contributed by atoms with Gasteiger partial charge in [0.05, 0.1) is 12.0 Å². The van der Waals surface area contributed by atoms with Crippen LogP contribution in [0, 0.1) is 11.7 Å². The van der Waals surface area contributed by atoms with Gasteiger partial charge in [-0.25, -0.2) is 12.8 Å². The Morgan fingerprint density at radius 2 is 1.66 bits per heavy atom. The largest absolute Gasteiger partial charge is 0.497 e. The quantitative estimate of drug-likeness (QED) is 0.656. The van der Waals surface area contributed by atoms with E-state index in [4.69, 9.17) is 4.74 Å². The van der Waals surface area contributed by atoms with Crippen LogP contribution in [0.3, 0.4) is 0 Å². The molecule has 10 heteroatoms. The van der Waals surface area contributed by atoms with E-state index >= 15 is 0 Å². The number of rotatable bonds is 7. The lowest BCUT2D eigenvalue weighted by Gasteiger charge is -2.31. The summed E-state index contributed by atoms with van der Waals surface area (Å²) in [5, 5.41) is 5.43. The number of methoxy groups -OCH3 is 1. The molecule has 1 atom stereocenters. The van der Waals surface area contributed by atoms with Gasteiger partial charge in [-0.15, -0.1) is 0 Å². The summed E-state index contributed by atoms with van der Waals surface area (Å²) in [4.78, 5) is 25.0. The van der Waals surface area contributed by atoms with Crippen molar-refractivity contribution >= 4 is 27.5 Å². The Morgan fingerprint density at radius 3 is 2.22 bits per heavy atom. The van der Waals surface area contributed by atoms with Gasteiger partial charge >= 0.3 is 0 Å². The Balaban J connectivity index is 1.51. The summed E-state index contributed by atoms with van der Waals surface area (Å²) >= 11 is 0. The number of carbonyl (C=O) groups excluding carboxylic acids is 2. The zero-order chi connectivity index (χ0) is 23.3. The molecule has 0 saturated carbocycles. The summed E-state index contributed by atoms with van der Waals surface area (Å²) in [6.45, 7) is 1.93. The fourth-order valence-corrected chi connectivity index (χ4v) is 4.91. The second-order valence-electron chi connectivity index (χ2n) is 7.58. The number of benzene rings is 2. The Labute approximate surface area is 186 Å². The molecular formula is C22H26FN3O5S. The molecule has 3 rings (SSSR count). The average molecular weight is 464 g/mol. The number of hydrogen-bond donors (Lipinski definition) is 2. The van der Waals surface area contributed by atoms with E-state index in [1.165, 1.54) is 16.4 Å². The van der Waals surface area contributed by atoms with Crippen molar-refractivity contribution in [1.29, 1.82) is 0 Å². The molecule has 0 aliphatic carbocycles. The predicted octanol–water partition coefficient (Wildman–Crippen LogP) is 2.38. The van der Waals surface area contributed by atoms with Crippen molar-refractivity contribution in [3.63, 3.8) is 0 Å². The van der Waals surface area contributed by atoms with Gasteiger partial charge in [0.25, 0.3) is 0 Å². The van der Waals surface area contributed by atoms with Crippen LogP contribution in [0.1, 0.15) is 19.8 Å². The molecule has 1 aliphatic heterocycles. The lowest BCUT2D eigenvalue weighted by atomic mass is 9.97. The second-order valence-corrected chi connectivity index (χ2v) is 9.52. The number of amides is 2. The zero-order valence-electron chi connectivity index (χ0n) is 17.9. The number of hydrogen-bond acceptors (Lipinski definition) is 5. The highest BCUT2D eigenvalue weighted by molar-refractivity contribution is 7.89. The van der Waals surface area contributed by atoms with Gasteiger partial charge in [-0.2, -0.15) is 4.31 Å². The first-order chi connectivity index (χ1) is 15.2. The first-order valence-corrected chi connectivity index (χ1v) is 11.7. The minimum Gasteiger partial charge on any atom is -0.497 e. The molecule has 2 aromatic rings. The third-order valence-corrected chi connectivity index (χ3v) is 7.30. The lowest BCUT2D eigenvalue weighted by molar-refractivity contribution is -0.129. The average Bonchev–Trinajstić information content (AvgIpc) is 2.79. The smallest absolute Gasteiger partial charge is 0.246 e. The summed E-state index contributed by atoms with van der Waals surface area (Å²) in [6.07, 6.45) is 0.665. The van der Waals surface area contributed by atoms with Crippen LogP contribution in [0.15, 0.2) is 53.4 Å². The summed E-state index contributed by atoms with van der Waals surface area (Å²) in [6, 6.07) is 10.7. The van der Waals surface area contributed by atoms with Crippen molar-refractivity contribution in [2.45, 2.75) is 30.7 Å². The summed E-state index contributed by atoms with van der Waals surface area (Å²) in [5.74, 6) is -0.895. The SMILES string of the molecule is COc1ccc(NC(=O)[C@H](C)NC(=O)C2CCN(S(=O)(=O)c3ccc(F)cc3)CC2)cc1. The highest BCUT2D eigenvalue weighted by atomic mass is 32.2. The first kappa shape index (κ1) is 23.7. The van der Waals surface area contributed by atoms with Crippen LogP contribution in [0.5, 0.6) is 5.75 Å². The number of piperidine rings is 1. The van der Waals surface area contributed by atoms with Gasteiger partial charge in [0, 0.05) is 24.7 Å². The normalized spacial score (nSPS) is 16.2. The second kappa shape index (κ2) is 10.1. The van der Waals surface area contributed by atoms with Crippen molar-refractivity contribution < 1.29 is 27.1 Å². The van der Waals surface area contributed by atoms with Gasteiger partial charge in [0.15, 0.2) is 0 Å². The molecule has 172 valence electrons. The van der Waals surface area contributed by atoms with E-state index in [2.05, 4.69) is 10.6 Å². The standard InChI is InChI=1S/C22H26FN3O5S/c1-15(21(27)25-18-5-7-19(31-2)8-6-18)24-22(28)16-11-13-26(14-12-16)32(29,30)20-9-3-17(23)4-10-20/h3-10,15-16H,11-14H2,1-2H3,(H,24,28)(H,25,27)/t15-/m0/s1. The fourth-order valence-electron chi connectivity index (χ4n) is 3.44. The minimum absolute atomic E-state index is 0.0191. The van der Waals surface area contributed by atoms with E-state index in [0.29, 0.717) is 24.3 Å². The number of ether oxygens (including phenoxy) is 1. The molecule has 32 heavy (non-hydrogen) atoms. The summed E-state index contributed by atoms with van der Waals surface area (Å²) in [5.41, 5.74) is 0.580. The van der Waals surface area contributed by atoms with Gasteiger partial charge in [0.1, 0.15) is 17.6 Å². The molecule has 1 aliphatic rings. The highest BCUT2D eigenvalue weighted by Crippen LogP contribution is 2.24. The monoisotopic (exact) mass is 463 g/mol. The van der Waals surface area contributed by atoms with E-state index in [1.54, 1.807) is 38.3 Å². The van der Waals surface area contributed by atoms with Crippen molar-refractivity contribution in [3.05, 3.63) is 54.3 Å². The third kappa shape index (κ3) is 5.63. The maximum atomic E-state index is 13.1. The maximum absolute atomic E-state index is 13.1. The molecule has 0 spiro atoms. The predicted molar refractivity (Wildman–Crippen MR) is 117 cm³/mol. The molecule has 1 saturated heterocycles. The van der Waals surface area contributed by atoms with Crippen LogP contribution in [-0.2, 0) is 19.6 Å². The molecule has 8 nitrogen and oxygen atoms in total. The van der Waals surface area contributed by atoms with E-state index < -0.39 is 27.8 Å². The van der Waals surface area contributed by atoms with Gasteiger partial charge in [-0.05, 0) is 68.3 Å². The van der Waals surface area contributed by atoms with Crippen LogP contribution >= 0.6 is 0 Å². The topological polar surface area (TPSA) is 105 Å². The minimum atomic E-state index is -3.74. The van der Waals surface area contributed by atoms with Crippen molar-refractivity contribution in [3.8, 4) is 5.75 Å².